The predicted octanol–water partition coefficient (Wildman–Crippen LogP) is 1.92. The Kier molecular flexibility index (Phi) is 6.08. The van der Waals surface area contributed by atoms with Crippen LogP contribution in [0.4, 0.5) is 0 Å². The molecule has 1 N–H and O–H groups in total. The zero-order chi connectivity index (χ0) is 19.3. The van der Waals surface area contributed by atoms with Crippen LogP contribution in [0.5, 0.6) is 5.75 Å². The molecule has 1 aliphatic heterocycles. The highest BCUT2D eigenvalue weighted by Gasteiger charge is 2.29. The minimum Gasteiger partial charge on any atom is -0.497 e. The van der Waals surface area contributed by atoms with Gasteiger partial charge in [-0.3, -0.25) is 9.78 Å². The molecule has 1 saturated heterocycles. The summed E-state index contributed by atoms with van der Waals surface area (Å²) >= 11 is 0. The van der Waals surface area contributed by atoms with Crippen LogP contribution >= 0.6 is 0 Å². The maximum Gasteiger partial charge on any atom is 0.251 e. The molecule has 0 saturated carbocycles. The maximum atomic E-state index is 12.6. The second-order valence-corrected chi connectivity index (χ2v) is 8.41. The van der Waals surface area contributed by atoms with E-state index in [1.54, 1.807) is 49.7 Å². The Morgan fingerprint density at radius 2 is 1.93 bits per heavy atom. The van der Waals surface area contributed by atoms with E-state index < -0.39 is 10.0 Å². The van der Waals surface area contributed by atoms with E-state index in [0.29, 0.717) is 43.8 Å². The molecule has 1 fully saturated rings. The van der Waals surface area contributed by atoms with Gasteiger partial charge < -0.3 is 10.1 Å². The number of nitrogens with one attached hydrogen (secondary N) is 1. The summed E-state index contributed by atoms with van der Waals surface area (Å²) in [6, 6.07) is 10.1. The fraction of sp³-hybridized carbons (Fsp3) is 0.368. The topological polar surface area (TPSA) is 88.6 Å². The number of hydrogen-bond donors (Lipinski definition) is 1. The van der Waals surface area contributed by atoms with Gasteiger partial charge in [0.15, 0.2) is 0 Å². The van der Waals surface area contributed by atoms with E-state index in [1.165, 1.54) is 10.5 Å². The average Bonchev–Trinajstić information content (AvgIpc) is 2.73. The van der Waals surface area contributed by atoms with Crippen molar-refractivity contribution in [1.29, 1.82) is 0 Å². The van der Waals surface area contributed by atoms with Crippen molar-refractivity contribution < 1.29 is 17.9 Å². The summed E-state index contributed by atoms with van der Waals surface area (Å²) in [7, 11) is -1.92. The van der Waals surface area contributed by atoms with E-state index >= 15 is 0 Å². The van der Waals surface area contributed by atoms with Crippen LogP contribution < -0.4 is 10.1 Å². The van der Waals surface area contributed by atoms with Gasteiger partial charge in [0, 0.05) is 37.6 Å². The number of carbonyl (C=O) groups excluding carboxylic acids is 1. The van der Waals surface area contributed by atoms with Crippen LogP contribution in [0, 0.1) is 5.92 Å². The molecule has 0 atom stereocenters. The zero-order valence-electron chi connectivity index (χ0n) is 15.2. The number of aromatic nitrogens is 1. The Labute approximate surface area is 159 Å². The van der Waals surface area contributed by atoms with Gasteiger partial charge >= 0.3 is 0 Å². The quantitative estimate of drug-likeness (QED) is 0.815. The van der Waals surface area contributed by atoms with Crippen molar-refractivity contribution >= 4 is 15.9 Å². The third-order valence-electron chi connectivity index (χ3n) is 4.75. The molecular weight excluding hydrogens is 366 g/mol. The molecule has 7 nitrogen and oxygen atoms in total. The van der Waals surface area contributed by atoms with Crippen molar-refractivity contribution in [1.82, 2.24) is 14.6 Å². The van der Waals surface area contributed by atoms with E-state index in [4.69, 9.17) is 4.74 Å². The van der Waals surface area contributed by atoms with Crippen LogP contribution in [0.25, 0.3) is 0 Å². The SMILES string of the molecule is COc1ccc(C(=O)NCC2CCN(S(=O)(=O)c3cccnc3)CC2)cc1. The van der Waals surface area contributed by atoms with E-state index in [-0.39, 0.29) is 16.7 Å². The van der Waals surface area contributed by atoms with Gasteiger partial charge in [-0.15, -0.1) is 0 Å². The van der Waals surface area contributed by atoms with Gasteiger partial charge in [-0.2, -0.15) is 4.31 Å². The Bertz CT molecular complexity index is 862. The van der Waals surface area contributed by atoms with Gasteiger partial charge in [-0.05, 0) is 55.2 Å². The Balaban J connectivity index is 1.50. The summed E-state index contributed by atoms with van der Waals surface area (Å²) < 4.78 is 31.8. The van der Waals surface area contributed by atoms with Crippen LogP contribution in [0.2, 0.25) is 0 Å². The van der Waals surface area contributed by atoms with Gasteiger partial charge in [-0.1, -0.05) is 0 Å². The van der Waals surface area contributed by atoms with Gasteiger partial charge in [-0.25, -0.2) is 8.42 Å². The lowest BCUT2D eigenvalue weighted by Crippen LogP contribution is -2.41. The Morgan fingerprint density at radius 1 is 1.22 bits per heavy atom. The number of nitrogens with zero attached hydrogens (tertiary/aromatic N) is 2. The van der Waals surface area contributed by atoms with Gasteiger partial charge in [0.05, 0.1) is 7.11 Å². The predicted molar refractivity (Wildman–Crippen MR) is 101 cm³/mol. The first kappa shape index (κ1) is 19.3. The molecule has 0 spiro atoms. The number of amides is 1. The third-order valence-corrected chi connectivity index (χ3v) is 6.63. The van der Waals surface area contributed by atoms with Crippen molar-refractivity contribution in [3.8, 4) is 5.75 Å². The number of rotatable bonds is 6. The molecule has 0 bridgehead atoms. The highest BCUT2D eigenvalue weighted by molar-refractivity contribution is 7.89. The molecule has 1 aromatic heterocycles. The number of carbonyl (C=O) groups is 1. The number of ether oxygens (including phenoxy) is 1. The smallest absolute Gasteiger partial charge is 0.251 e. The normalized spacial score (nSPS) is 16.0. The largest absolute Gasteiger partial charge is 0.497 e. The van der Waals surface area contributed by atoms with Gasteiger partial charge in [0.1, 0.15) is 10.6 Å². The number of hydrogen-bond acceptors (Lipinski definition) is 5. The van der Waals surface area contributed by atoms with E-state index in [2.05, 4.69) is 10.3 Å². The number of benzene rings is 1. The maximum absolute atomic E-state index is 12.6. The number of sulfonamides is 1. The number of methoxy groups -OCH3 is 1. The molecule has 0 aliphatic carbocycles. The molecule has 8 heteroatoms. The van der Waals surface area contributed by atoms with Crippen molar-refractivity contribution in [2.24, 2.45) is 5.92 Å². The van der Waals surface area contributed by atoms with E-state index in [0.717, 1.165) is 0 Å². The molecule has 1 amide bonds. The van der Waals surface area contributed by atoms with Crippen molar-refractivity contribution in [2.75, 3.05) is 26.7 Å². The summed E-state index contributed by atoms with van der Waals surface area (Å²) in [4.78, 5) is 16.3. The highest BCUT2D eigenvalue weighted by Crippen LogP contribution is 2.23. The van der Waals surface area contributed by atoms with Crippen LogP contribution in [-0.2, 0) is 10.0 Å². The fourth-order valence-corrected chi connectivity index (χ4v) is 4.52. The lowest BCUT2D eigenvalue weighted by atomic mass is 9.98. The van der Waals surface area contributed by atoms with Crippen LogP contribution in [0.15, 0.2) is 53.7 Å². The summed E-state index contributed by atoms with van der Waals surface area (Å²) in [6.45, 7) is 1.42. The van der Waals surface area contributed by atoms with E-state index in [1.807, 2.05) is 0 Å². The second kappa shape index (κ2) is 8.49. The molecule has 0 unspecified atom stereocenters. The minimum atomic E-state index is -3.49. The zero-order valence-corrected chi connectivity index (χ0v) is 16.0. The third kappa shape index (κ3) is 4.64. The molecule has 1 aromatic carbocycles. The van der Waals surface area contributed by atoms with Crippen molar-refractivity contribution in [3.63, 3.8) is 0 Å². The Morgan fingerprint density at radius 3 is 2.52 bits per heavy atom. The molecule has 0 radical (unpaired) electrons. The first-order valence-electron chi connectivity index (χ1n) is 8.83. The standard InChI is InChI=1S/C19H23N3O4S/c1-26-17-6-4-16(5-7-17)19(23)21-13-15-8-11-22(12-9-15)27(24,25)18-3-2-10-20-14-18/h2-7,10,14-15H,8-9,11-13H2,1H3,(H,21,23). The second-order valence-electron chi connectivity index (χ2n) is 6.47. The summed E-state index contributed by atoms with van der Waals surface area (Å²) in [6.07, 6.45) is 4.35. The van der Waals surface area contributed by atoms with Crippen LogP contribution in [0.3, 0.4) is 0 Å². The minimum absolute atomic E-state index is 0.136. The summed E-state index contributed by atoms with van der Waals surface area (Å²) in [5, 5.41) is 2.93. The average molecular weight is 389 g/mol. The molecule has 2 heterocycles. The van der Waals surface area contributed by atoms with E-state index in [9.17, 15) is 13.2 Å². The van der Waals surface area contributed by atoms with Crippen molar-refractivity contribution in [3.05, 3.63) is 54.4 Å². The molecule has 3 rings (SSSR count). The summed E-state index contributed by atoms with van der Waals surface area (Å²) in [5.41, 5.74) is 0.576. The number of piperidine rings is 1. The highest BCUT2D eigenvalue weighted by atomic mass is 32.2. The molecule has 2 aromatic rings. The summed E-state index contributed by atoms with van der Waals surface area (Å²) in [5.74, 6) is 0.823. The first-order valence-corrected chi connectivity index (χ1v) is 10.3. The Hall–Kier alpha value is -2.45. The lowest BCUT2D eigenvalue weighted by molar-refractivity contribution is 0.0941. The van der Waals surface area contributed by atoms with Crippen LogP contribution in [-0.4, -0.2) is 50.4 Å². The monoisotopic (exact) mass is 389 g/mol. The molecule has 27 heavy (non-hydrogen) atoms. The fourth-order valence-electron chi connectivity index (χ4n) is 3.08. The van der Waals surface area contributed by atoms with Gasteiger partial charge in [0.2, 0.25) is 10.0 Å². The molecule has 144 valence electrons. The van der Waals surface area contributed by atoms with Crippen molar-refractivity contribution in [2.45, 2.75) is 17.7 Å². The molecular formula is C19H23N3O4S. The van der Waals surface area contributed by atoms with Gasteiger partial charge in [0.25, 0.3) is 5.91 Å². The molecule has 1 aliphatic rings. The number of pyridine rings is 1. The lowest BCUT2D eigenvalue weighted by Gasteiger charge is -2.31. The first-order chi connectivity index (χ1) is 13.0. The van der Waals surface area contributed by atoms with Crippen LogP contribution in [0.1, 0.15) is 23.2 Å².